The number of nitrogens with zero attached hydrogens (tertiary/aromatic N) is 2. The van der Waals surface area contributed by atoms with Crippen molar-refractivity contribution in [2.75, 3.05) is 5.32 Å². The van der Waals surface area contributed by atoms with E-state index < -0.39 is 0 Å². The molecular weight excluding hydrogens is 288 g/mol. The molecule has 0 unspecified atom stereocenters. The second-order valence-electron chi connectivity index (χ2n) is 6.14. The highest BCUT2D eigenvalue weighted by atomic mass is 16.1. The molecule has 3 rings (SSSR count). The standard InChI is InChI=1S/C18H22N4O/c1-12-6-5-7-13(2)17(12)22-16-10-15(19-11-20-16)18(23)21-14-8-3-4-9-14/h5-7,10-11,14H,3-4,8-9H2,1-2H3,(H,21,23)(H,19,20,22). The lowest BCUT2D eigenvalue weighted by atomic mass is 10.1. The van der Waals surface area contributed by atoms with Crippen LogP contribution in [-0.4, -0.2) is 21.9 Å². The van der Waals surface area contributed by atoms with Gasteiger partial charge in [-0.2, -0.15) is 0 Å². The highest BCUT2D eigenvalue weighted by molar-refractivity contribution is 5.93. The zero-order chi connectivity index (χ0) is 16.2. The summed E-state index contributed by atoms with van der Waals surface area (Å²) >= 11 is 0. The number of hydrogen-bond acceptors (Lipinski definition) is 4. The van der Waals surface area contributed by atoms with Crippen LogP contribution in [0.25, 0.3) is 0 Å². The van der Waals surface area contributed by atoms with Gasteiger partial charge >= 0.3 is 0 Å². The Morgan fingerprint density at radius 2 is 1.83 bits per heavy atom. The van der Waals surface area contributed by atoms with Crippen LogP contribution >= 0.6 is 0 Å². The number of aryl methyl sites for hydroxylation is 2. The predicted octanol–water partition coefficient (Wildman–Crippen LogP) is 3.51. The smallest absolute Gasteiger partial charge is 0.270 e. The first kappa shape index (κ1) is 15.5. The Kier molecular flexibility index (Phi) is 4.55. The molecule has 1 aliphatic carbocycles. The topological polar surface area (TPSA) is 66.9 Å². The number of benzene rings is 1. The Labute approximate surface area is 136 Å². The van der Waals surface area contributed by atoms with Crippen molar-refractivity contribution in [1.82, 2.24) is 15.3 Å². The molecule has 0 atom stereocenters. The molecule has 23 heavy (non-hydrogen) atoms. The van der Waals surface area contributed by atoms with Crippen molar-refractivity contribution < 1.29 is 4.79 Å². The van der Waals surface area contributed by atoms with Gasteiger partial charge in [0.25, 0.3) is 5.91 Å². The summed E-state index contributed by atoms with van der Waals surface area (Å²) in [6.45, 7) is 4.09. The van der Waals surface area contributed by atoms with Gasteiger partial charge in [0.1, 0.15) is 17.8 Å². The van der Waals surface area contributed by atoms with Crippen LogP contribution in [0.15, 0.2) is 30.6 Å². The van der Waals surface area contributed by atoms with Crippen molar-refractivity contribution >= 4 is 17.4 Å². The van der Waals surface area contributed by atoms with E-state index in [4.69, 9.17) is 0 Å². The first-order valence-corrected chi connectivity index (χ1v) is 8.09. The van der Waals surface area contributed by atoms with Gasteiger partial charge in [-0.25, -0.2) is 9.97 Å². The fourth-order valence-electron chi connectivity index (χ4n) is 3.02. The number of carbonyl (C=O) groups is 1. The van der Waals surface area contributed by atoms with E-state index >= 15 is 0 Å². The number of hydrogen-bond donors (Lipinski definition) is 2. The van der Waals surface area contributed by atoms with Crippen LogP contribution in [0.5, 0.6) is 0 Å². The van der Waals surface area contributed by atoms with E-state index in [1.807, 2.05) is 32.0 Å². The third kappa shape index (κ3) is 3.67. The fourth-order valence-corrected chi connectivity index (χ4v) is 3.02. The van der Waals surface area contributed by atoms with Crippen molar-refractivity contribution in [2.45, 2.75) is 45.6 Å². The lowest BCUT2D eigenvalue weighted by molar-refractivity contribution is 0.0932. The number of rotatable bonds is 4. The molecule has 1 fully saturated rings. The molecular formula is C18H22N4O. The molecule has 0 aliphatic heterocycles. The third-order valence-corrected chi connectivity index (χ3v) is 4.32. The fraction of sp³-hybridized carbons (Fsp3) is 0.389. The van der Waals surface area contributed by atoms with E-state index in [1.54, 1.807) is 6.07 Å². The highest BCUT2D eigenvalue weighted by Gasteiger charge is 2.19. The molecule has 0 radical (unpaired) electrons. The van der Waals surface area contributed by atoms with Crippen LogP contribution in [0.1, 0.15) is 47.3 Å². The molecule has 1 aliphatic rings. The van der Waals surface area contributed by atoms with Crippen molar-refractivity contribution in [1.29, 1.82) is 0 Å². The van der Waals surface area contributed by atoms with Gasteiger partial charge in [0.15, 0.2) is 0 Å². The summed E-state index contributed by atoms with van der Waals surface area (Å²) < 4.78 is 0. The number of para-hydroxylation sites is 1. The highest BCUT2D eigenvalue weighted by Crippen LogP contribution is 2.23. The van der Waals surface area contributed by atoms with Gasteiger partial charge < -0.3 is 10.6 Å². The van der Waals surface area contributed by atoms with E-state index in [0.29, 0.717) is 11.5 Å². The summed E-state index contributed by atoms with van der Waals surface area (Å²) in [5.41, 5.74) is 3.70. The van der Waals surface area contributed by atoms with Crippen LogP contribution < -0.4 is 10.6 Å². The SMILES string of the molecule is Cc1cccc(C)c1Nc1cc(C(=O)NC2CCCC2)ncn1. The van der Waals surface area contributed by atoms with Crippen LogP contribution in [0, 0.1) is 13.8 Å². The molecule has 5 heteroatoms. The molecule has 0 saturated heterocycles. The lowest BCUT2D eigenvalue weighted by Crippen LogP contribution is -2.33. The largest absolute Gasteiger partial charge is 0.348 e. The van der Waals surface area contributed by atoms with E-state index in [0.717, 1.165) is 29.7 Å². The Hall–Kier alpha value is -2.43. The van der Waals surface area contributed by atoms with Crippen molar-refractivity contribution in [3.05, 3.63) is 47.4 Å². The monoisotopic (exact) mass is 310 g/mol. The minimum atomic E-state index is -0.121. The second-order valence-corrected chi connectivity index (χ2v) is 6.14. The van der Waals surface area contributed by atoms with Crippen molar-refractivity contribution in [3.8, 4) is 0 Å². The Bertz CT molecular complexity index is 688. The number of carbonyl (C=O) groups excluding carboxylic acids is 1. The maximum absolute atomic E-state index is 12.3. The second kappa shape index (κ2) is 6.77. The Morgan fingerprint density at radius 1 is 1.13 bits per heavy atom. The zero-order valence-electron chi connectivity index (χ0n) is 13.6. The van der Waals surface area contributed by atoms with E-state index in [2.05, 4.69) is 20.6 Å². The minimum absolute atomic E-state index is 0.121. The van der Waals surface area contributed by atoms with E-state index in [-0.39, 0.29) is 11.9 Å². The van der Waals surface area contributed by atoms with Gasteiger partial charge in [-0.05, 0) is 37.8 Å². The molecule has 1 heterocycles. The number of amides is 1. The van der Waals surface area contributed by atoms with Crippen LogP contribution in [0.3, 0.4) is 0 Å². The molecule has 0 bridgehead atoms. The van der Waals surface area contributed by atoms with E-state index in [9.17, 15) is 4.79 Å². The van der Waals surface area contributed by atoms with Gasteiger partial charge in [-0.15, -0.1) is 0 Å². The average molecular weight is 310 g/mol. The molecule has 1 aromatic heterocycles. The summed E-state index contributed by atoms with van der Waals surface area (Å²) in [5, 5.41) is 6.35. The van der Waals surface area contributed by atoms with Crippen LogP contribution in [0.4, 0.5) is 11.5 Å². The predicted molar refractivity (Wildman–Crippen MR) is 91.0 cm³/mol. The number of anilines is 2. The summed E-state index contributed by atoms with van der Waals surface area (Å²) in [7, 11) is 0. The van der Waals surface area contributed by atoms with Gasteiger partial charge in [-0.3, -0.25) is 4.79 Å². The molecule has 2 aromatic rings. The number of aromatic nitrogens is 2. The van der Waals surface area contributed by atoms with Gasteiger partial charge in [0.2, 0.25) is 0 Å². The maximum Gasteiger partial charge on any atom is 0.270 e. The maximum atomic E-state index is 12.3. The molecule has 120 valence electrons. The van der Waals surface area contributed by atoms with Crippen molar-refractivity contribution in [3.63, 3.8) is 0 Å². The first-order valence-electron chi connectivity index (χ1n) is 8.09. The lowest BCUT2D eigenvalue weighted by Gasteiger charge is -2.13. The quantitative estimate of drug-likeness (QED) is 0.907. The average Bonchev–Trinajstić information content (AvgIpc) is 3.04. The zero-order valence-corrected chi connectivity index (χ0v) is 13.6. The first-order chi connectivity index (χ1) is 11.1. The number of nitrogens with one attached hydrogen (secondary N) is 2. The summed E-state index contributed by atoms with van der Waals surface area (Å²) in [6.07, 6.45) is 5.93. The molecule has 5 nitrogen and oxygen atoms in total. The Balaban J connectivity index is 1.75. The molecule has 1 aromatic carbocycles. The molecule has 1 amide bonds. The van der Waals surface area contributed by atoms with Crippen molar-refractivity contribution in [2.24, 2.45) is 0 Å². The van der Waals surface area contributed by atoms with Gasteiger partial charge in [-0.1, -0.05) is 31.0 Å². The van der Waals surface area contributed by atoms with Gasteiger partial charge in [0, 0.05) is 17.8 Å². The molecule has 0 spiro atoms. The third-order valence-electron chi connectivity index (χ3n) is 4.32. The van der Waals surface area contributed by atoms with Gasteiger partial charge in [0.05, 0.1) is 0 Å². The van der Waals surface area contributed by atoms with Crippen LogP contribution in [0.2, 0.25) is 0 Å². The summed E-state index contributed by atoms with van der Waals surface area (Å²) in [6, 6.07) is 8.11. The summed E-state index contributed by atoms with van der Waals surface area (Å²) in [5.74, 6) is 0.512. The van der Waals surface area contributed by atoms with Crippen LogP contribution in [-0.2, 0) is 0 Å². The molecule has 2 N–H and O–H groups in total. The molecule has 1 saturated carbocycles. The Morgan fingerprint density at radius 3 is 2.52 bits per heavy atom. The summed E-state index contributed by atoms with van der Waals surface area (Å²) in [4.78, 5) is 20.6. The van der Waals surface area contributed by atoms with E-state index in [1.165, 1.54) is 19.2 Å². The normalized spacial score (nSPS) is 14.7. The minimum Gasteiger partial charge on any atom is -0.348 e.